The second-order valence-electron chi connectivity index (χ2n) is 3.84. The van der Waals surface area contributed by atoms with Gasteiger partial charge >= 0.3 is 6.03 Å². The highest BCUT2D eigenvalue weighted by Crippen LogP contribution is 2.07. The van der Waals surface area contributed by atoms with Crippen LogP contribution in [-0.4, -0.2) is 41.1 Å². The summed E-state index contributed by atoms with van der Waals surface area (Å²) in [5, 5.41) is 14.0. The number of carbonyl (C=O) groups is 1. The van der Waals surface area contributed by atoms with Crippen molar-refractivity contribution >= 4 is 11.9 Å². The molecule has 1 atom stereocenters. The van der Waals surface area contributed by atoms with Crippen LogP contribution in [0.2, 0.25) is 0 Å². The molecule has 6 heteroatoms. The van der Waals surface area contributed by atoms with Crippen molar-refractivity contribution < 1.29 is 10.0 Å². The van der Waals surface area contributed by atoms with Crippen LogP contribution in [0.3, 0.4) is 0 Å². The van der Waals surface area contributed by atoms with Gasteiger partial charge < -0.3 is 21.2 Å². The Morgan fingerprint density at radius 3 is 2.73 bits per heavy atom. The number of oxime groups is 1. The molecule has 1 aliphatic rings. The predicted molar refractivity (Wildman–Crippen MR) is 56.8 cm³/mol. The molecule has 0 aromatic carbocycles. The molecule has 1 fully saturated rings. The van der Waals surface area contributed by atoms with Gasteiger partial charge in [0.25, 0.3) is 0 Å². The zero-order chi connectivity index (χ0) is 11.3. The van der Waals surface area contributed by atoms with E-state index in [2.05, 4.69) is 10.5 Å². The van der Waals surface area contributed by atoms with Crippen molar-refractivity contribution in [2.45, 2.75) is 32.2 Å². The van der Waals surface area contributed by atoms with Crippen LogP contribution in [0.15, 0.2) is 5.16 Å². The minimum absolute atomic E-state index is 0.0641. The minimum Gasteiger partial charge on any atom is -0.409 e. The monoisotopic (exact) mass is 214 g/mol. The maximum atomic E-state index is 11.6. The first-order valence-corrected chi connectivity index (χ1v) is 5.15. The minimum atomic E-state index is -0.117. The van der Waals surface area contributed by atoms with Crippen LogP contribution in [0.4, 0.5) is 4.79 Å². The van der Waals surface area contributed by atoms with Gasteiger partial charge in [0.15, 0.2) is 0 Å². The first kappa shape index (κ1) is 11.6. The molecule has 0 spiro atoms. The van der Waals surface area contributed by atoms with Gasteiger partial charge in [0.1, 0.15) is 5.84 Å². The second-order valence-corrected chi connectivity index (χ2v) is 3.84. The Labute approximate surface area is 89.1 Å². The van der Waals surface area contributed by atoms with Crippen LogP contribution in [0.1, 0.15) is 26.2 Å². The molecule has 1 unspecified atom stereocenters. The molecule has 1 aliphatic heterocycles. The number of likely N-dealkylation sites (tertiary alicyclic amines) is 1. The smallest absolute Gasteiger partial charge is 0.317 e. The topological polar surface area (TPSA) is 91.0 Å². The van der Waals surface area contributed by atoms with Crippen LogP contribution >= 0.6 is 0 Å². The quantitative estimate of drug-likeness (QED) is 0.273. The largest absolute Gasteiger partial charge is 0.409 e. The average Bonchev–Trinajstić information content (AvgIpc) is 2.70. The Morgan fingerprint density at radius 1 is 1.60 bits per heavy atom. The van der Waals surface area contributed by atoms with Gasteiger partial charge in [-0.1, -0.05) is 5.16 Å². The standard InChI is InChI=1S/C9H18N4O2/c1-7(6-8(10)12-15)11-9(14)13-4-2-3-5-13/h7,15H,2-6H2,1H3,(H2,10,12)(H,11,14). The fourth-order valence-corrected chi connectivity index (χ4v) is 1.63. The Bertz CT molecular complexity index is 248. The fraction of sp³-hybridized carbons (Fsp3) is 0.778. The van der Waals surface area contributed by atoms with Gasteiger partial charge in [0, 0.05) is 25.6 Å². The summed E-state index contributed by atoms with van der Waals surface area (Å²) in [6.07, 6.45) is 2.50. The SMILES string of the molecule is CC(CC(N)=NO)NC(=O)N1CCCC1. The summed E-state index contributed by atoms with van der Waals surface area (Å²) in [5.74, 6) is 0.129. The van der Waals surface area contributed by atoms with Crippen LogP contribution in [0.5, 0.6) is 0 Å². The van der Waals surface area contributed by atoms with Gasteiger partial charge in [-0.2, -0.15) is 0 Å². The predicted octanol–water partition coefficient (Wildman–Crippen LogP) is 0.317. The van der Waals surface area contributed by atoms with Crippen molar-refractivity contribution in [3.05, 3.63) is 0 Å². The third kappa shape index (κ3) is 3.65. The molecule has 0 aliphatic carbocycles. The summed E-state index contributed by atoms with van der Waals surface area (Å²) in [6, 6.07) is -0.181. The molecule has 15 heavy (non-hydrogen) atoms. The Kier molecular flexibility index (Phi) is 4.20. The van der Waals surface area contributed by atoms with Crippen LogP contribution in [0, 0.1) is 0 Å². The Balaban J connectivity index is 2.30. The molecule has 86 valence electrons. The maximum absolute atomic E-state index is 11.6. The highest BCUT2D eigenvalue weighted by molar-refractivity contribution is 5.81. The number of nitrogens with one attached hydrogen (secondary N) is 1. The zero-order valence-corrected chi connectivity index (χ0v) is 8.94. The molecule has 4 N–H and O–H groups in total. The number of hydrogen-bond donors (Lipinski definition) is 3. The van der Waals surface area contributed by atoms with E-state index in [-0.39, 0.29) is 17.9 Å². The zero-order valence-electron chi connectivity index (χ0n) is 8.94. The van der Waals surface area contributed by atoms with Crippen molar-refractivity contribution in [1.29, 1.82) is 0 Å². The number of carbonyl (C=O) groups excluding carboxylic acids is 1. The molecule has 2 amide bonds. The average molecular weight is 214 g/mol. The molecule has 0 bridgehead atoms. The van der Waals surface area contributed by atoms with Gasteiger partial charge in [-0.05, 0) is 19.8 Å². The summed E-state index contributed by atoms with van der Waals surface area (Å²) in [5.41, 5.74) is 5.34. The van der Waals surface area contributed by atoms with E-state index in [0.717, 1.165) is 25.9 Å². The van der Waals surface area contributed by atoms with Gasteiger partial charge in [-0.15, -0.1) is 0 Å². The van der Waals surface area contributed by atoms with Crippen molar-refractivity contribution in [1.82, 2.24) is 10.2 Å². The van der Waals surface area contributed by atoms with Crippen molar-refractivity contribution in [2.24, 2.45) is 10.9 Å². The van der Waals surface area contributed by atoms with Crippen molar-refractivity contribution in [3.63, 3.8) is 0 Å². The lowest BCUT2D eigenvalue weighted by atomic mass is 10.2. The number of nitrogens with two attached hydrogens (primary N) is 1. The molecule has 6 nitrogen and oxygen atoms in total. The number of hydrogen-bond acceptors (Lipinski definition) is 3. The molecule has 0 aromatic heterocycles. The molecular weight excluding hydrogens is 196 g/mol. The van der Waals surface area contributed by atoms with E-state index in [1.165, 1.54) is 0 Å². The van der Waals surface area contributed by atoms with Crippen LogP contribution in [-0.2, 0) is 0 Å². The maximum Gasteiger partial charge on any atom is 0.317 e. The lowest BCUT2D eigenvalue weighted by Gasteiger charge is -2.19. The van der Waals surface area contributed by atoms with E-state index >= 15 is 0 Å². The Morgan fingerprint density at radius 2 is 2.20 bits per heavy atom. The number of rotatable bonds is 3. The van der Waals surface area contributed by atoms with Crippen molar-refractivity contribution in [3.8, 4) is 0 Å². The molecule has 1 heterocycles. The van der Waals surface area contributed by atoms with Gasteiger partial charge in [-0.3, -0.25) is 0 Å². The first-order chi connectivity index (χ1) is 7.13. The van der Waals surface area contributed by atoms with E-state index in [4.69, 9.17) is 10.9 Å². The van der Waals surface area contributed by atoms with Crippen molar-refractivity contribution in [2.75, 3.05) is 13.1 Å². The molecule has 0 saturated carbocycles. The number of amidine groups is 1. The third-order valence-electron chi connectivity index (χ3n) is 2.41. The van der Waals surface area contributed by atoms with Gasteiger partial charge in [-0.25, -0.2) is 4.79 Å². The summed E-state index contributed by atoms with van der Waals surface area (Å²) < 4.78 is 0. The number of nitrogens with zero attached hydrogens (tertiary/aromatic N) is 2. The molecular formula is C9H18N4O2. The molecule has 0 radical (unpaired) electrons. The third-order valence-corrected chi connectivity index (χ3v) is 2.41. The van der Waals surface area contributed by atoms with E-state index in [0.29, 0.717) is 6.42 Å². The lowest BCUT2D eigenvalue weighted by Crippen LogP contribution is -2.43. The summed E-state index contributed by atoms with van der Waals surface area (Å²) in [7, 11) is 0. The lowest BCUT2D eigenvalue weighted by molar-refractivity contribution is 0.205. The van der Waals surface area contributed by atoms with E-state index in [1.54, 1.807) is 4.90 Å². The summed E-state index contributed by atoms with van der Waals surface area (Å²) in [6.45, 7) is 3.47. The van der Waals surface area contributed by atoms with Crippen LogP contribution in [0.25, 0.3) is 0 Å². The Hall–Kier alpha value is -1.46. The number of amides is 2. The highest BCUT2D eigenvalue weighted by atomic mass is 16.4. The molecule has 1 rings (SSSR count). The summed E-state index contributed by atoms with van der Waals surface area (Å²) >= 11 is 0. The molecule has 1 saturated heterocycles. The van der Waals surface area contributed by atoms with E-state index in [9.17, 15) is 4.79 Å². The van der Waals surface area contributed by atoms with E-state index < -0.39 is 0 Å². The first-order valence-electron chi connectivity index (χ1n) is 5.15. The summed E-state index contributed by atoms with van der Waals surface area (Å²) in [4.78, 5) is 13.4. The number of urea groups is 1. The molecule has 0 aromatic rings. The van der Waals surface area contributed by atoms with E-state index in [1.807, 2.05) is 6.92 Å². The normalized spacial score (nSPS) is 19.0. The van der Waals surface area contributed by atoms with Gasteiger partial charge in [0.05, 0.1) is 0 Å². The second kappa shape index (κ2) is 5.43. The van der Waals surface area contributed by atoms with Crippen LogP contribution < -0.4 is 11.1 Å². The van der Waals surface area contributed by atoms with Gasteiger partial charge in [0.2, 0.25) is 0 Å². The fourth-order valence-electron chi connectivity index (χ4n) is 1.63. The highest BCUT2D eigenvalue weighted by Gasteiger charge is 2.19.